The summed E-state index contributed by atoms with van der Waals surface area (Å²) in [7, 11) is -3.26. The molecule has 0 aliphatic carbocycles. The maximum Gasteiger partial charge on any atom is 0.178 e. The lowest BCUT2D eigenvalue weighted by Gasteiger charge is -2.06. The second-order valence-electron chi connectivity index (χ2n) is 3.91. The van der Waals surface area contributed by atoms with Crippen LogP contribution in [0.5, 0.6) is 0 Å². The topological polar surface area (TPSA) is 34.1 Å². The minimum atomic E-state index is -3.26. The van der Waals surface area contributed by atoms with Gasteiger partial charge in [-0.05, 0) is 23.8 Å². The molecule has 94 valence electrons. The lowest BCUT2D eigenvalue weighted by atomic mass is 10.1. The molecule has 4 heteroatoms. The molecule has 0 saturated heterocycles. The van der Waals surface area contributed by atoms with E-state index in [1.165, 1.54) is 18.2 Å². The Morgan fingerprint density at radius 3 is 2.44 bits per heavy atom. The van der Waals surface area contributed by atoms with Crippen LogP contribution in [-0.4, -0.2) is 14.2 Å². The molecule has 0 atom stereocenters. The summed E-state index contributed by atoms with van der Waals surface area (Å²) in [5.74, 6) is -0.322. The molecule has 0 heterocycles. The summed E-state index contributed by atoms with van der Waals surface area (Å²) >= 11 is 0. The van der Waals surface area contributed by atoms with Crippen LogP contribution in [0.2, 0.25) is 0 Å². The van der Waals surface area contributed by atoms with Crippen LogP contribution in [0, 0.1) is 5.82 Å². The molecular formula is C14H13FO2S. The van der Waals surface area contributed by atoms with E-state index in [1.807, 2.05) is 0 Å². The molecule has 0 aliphatic heterocycles. The van der Waals surface area contributed by atoms with Crippen molar-refractivity contribution in [3.63, 3.8) is 0 Å². The van der Waals surface area contributed by atoms with Gasteiger partial charge in [0.2, 0.25) is 0 Å². The largest absolute Gasteiger partial charge is 0.224 e. The average molecular weight is 264 g/mol. The number of halogens is 1. The number of hydrogen-bond donors (Lipinski definition) is 0. The zero-order valence-electron chi connectivity index (χ0n) is 9.93. The molecule has 0 radical (unpaired) electrons. The van der Waals surface area contributed by atoms with E-state index >= 15 is 0 Å². The minimum absolute atomic E-state index is 0.0354. The monoisotopic (exact) mass is 264 g/mol. The first-order valence-corrected chi connectivity index (χ1v) is 7.27. The van der Waals surface area contributed by atoms with E-state index in [0.29, 0.717) is 11.1 Å². The number of sulfone groups is 1. The van der Waals surface area contributed by atoms with E-state index in [4.69, 9.17) is 0 Å². The van der Waals surface area contributed by atoms with Crippen LogP contribution in [-0.2, 0) is 9.84 Å². The van der Waals surface area contributed by atoms with Crippen molar-refractivity contribution in [2.75, 3.05) is 5.75 Å². The molecule has 0 amide bonds. The fourth-order valence-corrected chi connectivity index (χ4v) is 2.64. The number of hydrogen-bond acceptors (Lipinski definition) is 2. The Labute approximate surface area is 106 Å². The van der Waals surface area contributed by atoms with Crippen molar-refractivity contribution in [2.45, 2.75) is 11.8 Å². The van der Waals surface area contributed by atoms with E-state index in [0.717, 1.165) is 0 Å². The average Bonchev–Trinajstić information content (AvgIpc) is 2.39. The third-order valence-corrected chi connectivity index (χ3v) is 4.49. The fourth-order valence-electron chi connectivity index (χ4n) is 1.72. The first kappa shape index (κ1) is 12.8. The summed E-state index contributed by atoms with van der Waals surface area (Å²) in [6, 6.07) is 12.7. The van der Waals surface area contributed by atoms with E-state index < -0.39 is 9.84 Å². The van der Waals surface area contributed by atoms with Crippen molar-refractivity contribution in [1.82, 2.24) is 0 Å². The van der Waals surface area contributed by atoms with Gasteiger partial charge in [0.15, 0.2) is 9.84 Å². The molecule has 0 unspecified atom stereocenters. The van der Waals surface area contributed by atoms with Crippen molar-refractivity contribution in [3.8, 4) is 11.1 Å². The Morgan fingerprint density at radius 2 is 1.78 bits per heavy atom. The standard InChI is InChI=1S/C14H13FO2S/c1-2-18(16,17)12-7-5-6-11(10-12)13-8-3-4-9-14(13)15/h3-10H,2H2,1H3. The normalized spacial score (nSPS) is 11.4. The van der Waals surface area contributed by atoms with Gasteiger partial charge in [0.25, 0.3) is 0 Å². The van der Waals surface area contributed by atoms with Crippen LogP contribution in [0.4, 0.5) is 4.39 Å². The molecule has 0 N–H and O–H groups in total. The van der Waals surface area contributed by atoms with Crippen molar-refractivity contribution >= 4 is 9.84 Å². The molecule has 0 bridgehead atoms. The first-order chi connectivity index (χ1) is 8.54. The Hall–Kier alpha value is -1.68. The highest BCUT2D eigenvalue weighted by Crippen LogP contribution is 2.25. The van der Waals surface area contributed by atoms with Crippen molar-refractivity contribution in [2.24, 2.45) is 0 Å². The van der Waals surface area contributed by atoms with Crippen LogP contribution in [0.1, 0.15) is 6.92 Å². The van der Waals surface area contributed by atoms with Crippen molar-refractivity contribution in [1.29, 1.82) is 0 Å². The van der Waals surface area contributed by atoms with E-state index in [-0.39, 0.29) is 16.5 Å². The van der Waals surface area contributed by atoms with Gasteiger partial charge in [-0.3, -0.25) is 0 Å². The summed E-state index contributed by atoms with van der Waals surface area (Å²) in [5, 5.41) is 0. The molecule has 0 spiro atoms. The Bertz CT molecular complexity index is 663. The van der Waals surface area contributed by atoms with Crippen LogP contribution < -0.4 is 0 Å². The smallest absolute Gasteiger partial charge is 0.178 e. The lowest BCUT2D eigenvalue weighted by molar-refractivity contribution is 0.597. The fraction of sp³-hybridized carbons (Fsp3) is 0.143. The van der Waals surface area contributed by atoms with Gasteiger partial charge >= 0.3 is 0 Å². The molecular weight excluding hydrogens is 251 g/mol. The number of benzene rings is 2. The Morgan fingerprint density at radius 1 is 1.06 bits per heavy atom. The summed E-state index contributed by atoms with van der Waals surface area (Å²) in [6.45, 7) is 1.59. The van der Waals surface area contributed by atoms with E-state index in [9.17, 15) is 12.8 Å². The summed E-state index contributed by atoms with van der Waals surface area (Å²) < 4.78 is 37.2. The SMILES string of the molecule is CCS(=O)(=O)c1cccc(-c2ccccc2F)c1. The minimum Gasteiger partial charge on any atom is -0.224 e. The molecule has 2 aromatic carbocycles. The van der Waals surface area contributed by atoms with Gasteiger partial charge in [-0.2, -0.15) is 0 Å². The Balaban J connectivity index is 2.56. The predicted octanol–water partition coefficient (Wildman–Crippen LogP) is 3.29. The quantitative estimate of drug-likeness (QED) is 0.852. The van der Waals surface area contributed by atoms with Crippen LogP contribution in [0.3, 0.4) is 0 Å². The van der Waals surface area contributed by atoms with E-state index in [1.54, 1.807) is 37.3 Å². The summed E-state index contributed by atoms with van der Waals surface area (Å²) in [4.78, 5) is 0.228. The maximum absolute atomic E-state index is 13.6. The highest BCUT2D eigenvalue weighted by Gasteiger charge is 2.13. The summed E-state index contributed by atoms with van der Waals surface area (Å²) in [6.07, 6.45) is 0. The third-order valence-electron chi connectivity index (χ3n) is 2.76. The van der Waals surface area contributed by atoms with Gasteiger partial charge < -0.3 is 0 Å². The third kappa shape index (κ3) is 2.43. The molecule has 0 fully saturated rings. The van der Waals surface area contributed by atoms with Crippen molar-refractivity contribution < 1.29 is 12.8 Å². The van der Waals surface area contributed by atoms with Gasteiger partial charge in [0, 0.05) is 5.56 Å². The van der Waals surface area contributed by atoms with Gasteiger partial charge in [-0.1, -0.05) is 37.3 Å². The van der Waals surface area contributed by atoms with Crippen LogP contribution in [0.25, 0.3) is 11.1 Å². The van der Waals surface area contributed by atoms with E-state index in [2.05, 4.69) is 0 Å². The van der Waals surface area contributed by atoms with Crippen LogP contribution >= 0.6 is 0 Å². The molecule has 2 rings (SSSR count). The second-order valence-corrected chi connectivity index (χ2v) is 6.19. The van der Waals surface area contributed by atoms with Crippen LogP contribution in [0.15, 0.2) is 53.4 Å². The highest BCUT2D eigenvalue weighted by atomic mass is 32.2. The zero-order valence-corrected chi connectivity index (χ0v) is 10.7. The molecule has 0 aliphatic rings. The Kier molecular flexibility index (Phi) is 3.48. The van der Waals surface area contributed by atoms with Gasteiger partial charge in [0.1, 0.15) is 5.82 Å². The molecule has 2 aromatic rings. The molecule has 2 nitrogen and oxygen atoms in total. The van der Waals surface area contributed by atoms with Gasteiger partial charge in [0.05, 0.1) is 10.6 Å². The second kappa shape index (κ2) is 4.90. The molecule has 18 heavy (non-hydrogen) atoms. The van der Waals surface area contributed by atoms with Gasteiger partial charge in [-0.15, -0.1) is 0 Å². The molecule has 0 aromatic heterocycles. The molecule has 0 saturated carbocycles. The zero-order chi connectivity index (χ0) is 13.2. The number of rotatable bonds is 3. The summed E-state index contributed by atoms with van der Waals surface area (Å²) in [5.41, 5.74) is 0.980. The first-order valence-electron chi connectivity index (χ1n) is 5.62. The maximum atomic E-state index is 13.6. The van der Waals surface area contributed by atoms with Crippen molar-refractivity contribution in [3.05, 3.63) is 54.3 Å². The van der Waals surface area contributed by atoms with Gasteiger partial charge in [-0.25, -0.2) is 12.8 Å². The highest BCUT2D eigenvalue weighted by molar-refractivity contribution is 7.91. The predicted molar refractivity (Wildman–Crippen MR) is 69.6 cm³/mol. The lowest BCUT2D eigenvalue weighted by Crippen LogP contribution is -2.03.